The predicted octanol–water partition coefficient (Wildman–Crippen LogP) is 3.25. The molecule has 21 heavy (non-hydrogen) atoms. The molecule has 0 aliphatic heterocycles. The second-order valence-corrected chi connectivity index (χ2v) is 4.94. The van der Waals surface area contributed by atoms with Crippen molar-refractivity contribution in [2.75, 3.05) is 31.8 Å². The highest BCUT2D eigenvalue weighted by atomic mass is 16.5. The molecular formula is C17H22N2O2. The van der Waals surface area contributed by atoms with Crippen LogP contribution in [0, 0.1) is 6.92 Å². The van der Waals surface area contributed by atoms with Crippen LogP contribution < -0.4 is 20.5 Å². The molecule has 0 amide bonds. The minimum Gasteiger partial charge on any atom is -0.493 e. The van der Waals surface area contributed by atoms with Crippen LogP contribution in [0.15, 0.2) is 36.4 Å². The van der Waals surface area contributed by atoms with Gasteiger partial charge in [0, 0.05) is 17.9 Å². The zero-order valence-electron chi connectivity index (χ0n) is 12.8. The topological polar surface area (TPSA) is 56.5 Å². The van der Waals surface area contributed by atoms with Crippen LogP contribution >= 0.6 is 0 Å². The van der Waals surface area contributed by atoms with E-state index in [0.717, 1.165) is 35.8 Å². The van der Waals surface area contributed by atoms with Crippen LogP contribution in [0.5, 0.6) is 11.5 Å². The molecule has 0 bridgehead atoms. The summed E-state index contributed by atoms with van der Waals surface area (Å²) in [6.45, 7) is 2.90. The standard InChI is InChI=1S/C17H22N2O2/c1-12-4-6-14(18)11-15(12)19-9-8-13-5-7-16(20-2)17(10-13)21-3/h4-7,10-11,19H,8-9,18H2,1-3H3. The number of rotatable bonds is 6. The molecule has 4 heteroatoms. The summed E-state index contributed by atoms with van der Waals surface area (Å²) in [5.74, 6) is 1.51. The van der Waals surface area contributed by atoms with E-state index in [1.807, 2.05) is 30.3 Å². The van der Waals surface area contributed by atoms with E-state index in [1.54, 1.807) is 14.2 Å². The fraction of sp³-hybridized carbons (Fsp3) is 0.294. The lowest BCUT2D eigenvalue weighted by atomic mass is 10.1. The van der Waals surface area contributed by atoms with Gasteiger partial charge in [-0.2, -0.15) is 0 Å². The van der Waals surface area contributed by atoms with Gasteiger partial charge in [-0.05, 0) is 48.7 Å². The predicted molar refractivity (Wildman–Crippen MR) is 87.3 cm³/mol. The molecule has 0 fully saturated rings. The van der Waals surface area contributed by atoms with Gasteiger partial charge in [0.25, 0.3) is 0 Å². The normalized spacial score (nSPS) is 10.2. The lowest BCUT2D eigenvalue weighted by Crippen LogP contribution is -2.06. The van der Waals surface area contributed by atoms with E-state index in [9.17, 15) is 0 Å². The molecule has 2 aromatic rings. The molecule has 0 spiro atoms. The van der Waals surface area contributed by atoms with E-state index in [1.165, 1.54) is 11.1 Å². The Kier molecular flexibility index (Phi) is 4.93. The Labute approximate surface area is 125 Å². The third-order valence-corrected chi connectivity index (χ3v) is 3.44. The lowest BCUT2D eigenvalue weighted by Gasteiger charge is -2.12. The van der Waals surface area contributed by atoms with Gasteiger partial charge >= 0.3 is 0 Å². The summed E-state index contributed by atoms with van der Waals surface area (Å²) in [4.78, 5) is 0. The first kappa shape index (κ1) is 15.0. The van der Waals surface area contributed by atoms with Crippen molar-refractivity contribution >= 4 is 11.4 Å². The smallest absolute Gasteiger partial charge is 0.160 e. The molecule has 0 aromatic heterocycles. The number of hydrogen-bond donors (Lipinski definition) is 2. The molecule has 0 unspecified atom stereocenters. The summed E-state index contributed by atoms with van der Waals surface area (Å²) in [7, 11) is 3.29. The number of anilines is 2. The molecule has 0 saturated carbocycles. The van der Waals surface area contributed by atoms with E-state index < -0.39 is 0 Å². The SMILES string of the molecule is COc1ccc(CCNc2cc(N)ccc2C)cc1OC. The fourth-order valence-electron chi connectivity index (χ4n) is 2.21. The quantitative estimate of drug-likeness (QED) is 0.800. The van der Waals surface area contributed by atoms with Gasteiger partial charge in [-0.15, -0.1) is 0 Å². The van der Waals surface area contributed by atoms with E-state index in [4.69, 9.17) is 15.2 Å². The van der Waals surface area contributed by atoms with Crippen molar-refractivity contribution in [1.82, 2.24) is 0 Å². The summed E-state index contributed by atoms with van der Waals surface area (Å²) < 4.78 is 10.6. The first-order valence-electron chi connectivity index (χ1n) is 6.95. The second-order valence-electron chi connectivity index (χ2n) is 4.94. The van der Waals surface area contributed by atoms with Crippen LogP contribution in [0.3, 0.4) is 0 Å². The zero-order valence-corrected chi connectivity index (χ0v) is 12.8. The van der Waals surface area contributed by atoms with Crippen LogP contribution in [-0.2, 0) is 6.42 Å². The highest BCUT2D eigenvalue weighted by Gasteiger charge is 2.05. The summed E-state index contributed by atoms with van der Waals surface area (Å²) in [5.41, 5.74) is 10.0. The highest BCUT2D eigenvalue weighted by Crippen LogP contribution is 2.27. The van der Waals surface area contributed by atoms with E-state index >= 15 is 0 Å². The van der Waals surface area contributed by atoms with Crippen molar-refractivity contribution in [2.45, 2.75) is 13.3 Å². The maximum Gasteiger partial charge on any atom is 0.160 e. The van der Waals surface area contributed by atoms with Crippen LogP contribution in [0.2, 0.25) is 0 Å². The molecule has 0 aliphatic carbocycles. The first-order chi connectivity index (χ1) is 10.1. The Balaban J connectivity index is 1.98. The number of nitrogen functional groups attached to an aromatic ring is 1. The summed E-state index contributed by atoms with van der Waals surface area (Å²) in [5, 5.41) is 3.42. The maximum absolute atomic E-state index is 5.81. The van der Waals surface area contributed by atoms with Gasteiger partial charge in [0.15, 0.2) is 11.5 Å². The van der Waals surface area contributed by atoms with Crippen LogP contribution in [-0.4, -0.2) is 20.8 Å². The third-order valence-electron chi connectivity index (χ3n) is 3.44. The fourth-order valence-corrected chi connectivity index (χ4v) is 2.21. The minimum absolute atomic E-state index is 0.751. The Morgan fingerprint density at radius 1 is 1.00 bits per heavy atom. The van der Waals surface area contributed by atoms with Gasteiger partial charge in [0.1, 0.15) is 0 Å². The van der Waals surface area contributed by atoms with Crippen molar-refractivity contribution in [3.05, 3.63) is 47.5 Å². The van der Waals surface area contributed by atoms with Crippen molar-refractivity contribution in [2.24, 2.45) is 0 Å². The van der Waals surface area contributed by atoms with Crippen molar-refractivity contribution < 1.29 is 9.47 Å². The lowest BCUT2D eigenvalue weighted by molar-refractivity contribution is 0.354. The summed E-state index contributed by atoms with van der Waals surface area (Å²) >= 11 is 0. The molecule has 112 valence electrons. The summed E-state index contributed by atoms with van der Waals surface area (Å²) in [6, 6.07) is 11.9. The van der Waals surface area contributed by atoms with Gasteiger partial charge in [0.2, 0.25) is 0 Å². The number of ether oxygens (including phenoxy) is 2. The maximum atomic E-state index is 5.81. The molecule has 0 saturated heterocycles. The number of nitrogens with two attached hydrogens (primary N) is 1. The van der Waals surface area contributed by atoms with Gasteiger partial charge in [-0.1, -0.05) is 12.1 Å². The summed E-state index contributed by atoms with van der Waals surface area (Å²) in [6.07, 6.45) is 0.897. The monoisotopic (exact) mass is 286 g/mol. The average Bonchev–Trinajstić information content (AvgIpc) is 2.50. The Hall–Kier alpha value is -2.36. The molecule has 4 nitrogen and oxygen atoms in total. The van der Waals surface area contributed by atoms with E-state index in [2.05, 4.69) is 18.3 Å². The second kappa shape index (κ2) is 6.88. The van der Waals surface area contributed by atoms with E-state index in [-0.39, 0.29) is 0 Å². The molecule has 2 aromatic carbocycles. The third kappa shape index (κ3) is 3.81. The van der Waals surface area contributed by atoms with Crippen molar-refractivity contribution in [3.63, 3.8) is 0 Å². The largest absolute Gasteiger partial charge is 0.493 e. The van der Waals surface area contributed by atoms with Crippen molar-refractivity contribution in [3.8, 4) is 11.5 Å². The zero-order chi connectivity index (χ0) is 15.2. The highest BCUT2D eigenvalue weighted by molar-refractivity contribution is 5.59. The van der Waals surface area contributed by atoms with Gasteiger partial charge in [0.05, 0.1) is 14.2 Å². The van der Waals surface area contributed by atoms with Gasteiger partial charge < -0.3 is 20.5 Å². The Morgan fingerprint density at radius 3 is 2.48 bits per heavy atom. The first-order valence-corrected chi connectivity index (χ1v) is 6.95. The molecular weight excluding hydrogens is 264 g/mol. The van der Waals surface area contributed by atoms with Crippen LogP contribution in [0.1, 0.15) is 11.1 Å². The van der Waals surface area contributed by atoms with Crippen molar-refractivity contribution in [1.29, 1.82) is 0 Å². The average molecular weight is 286 g/mol. The molecule has 0 heterocycles. The van der Waals surface area contributed by atoms with Crippen LogP contribution in [0.25, 0.3) is 0 Å². The molecule has 2 rings (SSSR count). The number of benzene rings is 2. The molecule has 0 aliphatic rings. The molecule has 0 radical (unpaired) electrons. The number of methoxy groups -OCH3 is 2. The number of hydrogen-bond acceptors (Lipinski definition) is 4. The minimum atomic E-state index is 0.751. The Bertz CT molecular complexity index is 612. The Morgan fingerprint density at radius 2 is 1.76 bits per heavy atom. The number of aryl methyl sites for hydroxylation is 1. The van der Waals surface area contributed by atoms with E-state index in [0.29, 0.717) is 0 Å². The van der Waals surface area contributed by atoms with Gasteiger partial charge in [-0.25, -0.2) is 0 Å². The molecule has 3 N–H and O–H groups in total. The molecule has 0 atom stereocenters. The van der Waals surface area contributed by atoms with Crippen LogP contribution in [0.4, 0.5) is 11.4 Å². The number of nitrogens with one attached hydrogen (secondary N) is 1. The van der Waals surface area contributed by atoms with Gasteiger partial charge in [-0.3, -0.25) is 0 Å².